The van der Waals surface area contributed by atoms with E-state index in [9.17, 15) is 9.18 Å². The van der Waals surface area contributed by atoms with E-state index in [1.807, 2.05) is 0 Å². The maximum atomic E-state index is 13.4. The van der Waals surface area contributed by atoms with Crippen LogP contribution in [-0.4, -0.2) is 31.3 Å². The van der Waals surface area contributed by atoms with Crippen molar-refractivity contribution in [3.05, 3.63) is 30.1 Å². The number of benzene rings is 1. The highest BCUT2D eigenvalue weighted by molar-refractivity contribution is 5.84. The van der Waals surface area contributed by atoms with Gasteiger partial charge in [0.25, 0.3) is 0 Å². The van der Waals surface area contributed by atoms with Crippen molar-refractivity contribution in [1.82, 2.24) is 0 Å². The average molecular weight is 295 g/mol. The van der Waals surface area contributed by atoms with E-state index in [-0.39, 0.29) is 17.9 Å². The molecule has 0 radical (unpaired) electrons. The number of rotatable bonds is 4. The van der Waals surface area contributed by atoms with E-state index >= 15 is 0 Å². The number of ether oxygens (including phenoxy) is 2. The minimum absolute atomic E-state index is 0.0288. The molecule has 1 aliphatic heterocycles. The highest BCUT2D eigenvalue weighted by atomic mass is 19.1. The summed E-state index contributed by atoms with van der Waals surface area (Å²) >= 11 is 0. The van der Waals surface area contributed by atoms with E-state index < -0.39 is 5.54 Å². The molecule has 0 aromatic heterocycles. The van der Waals surface area contributed by atoms with Crippen molar-refractivity contribution in [2.45, 2.75) is 38.3 Å². The molecule has 2 unspecified atom stereocenters. The van der Waals surface area contributed by atoms with Crippen LogP contribution in [0.1, 0.15) is 26.7 Å². The van der Waals surface area contributed by atoms with Crippen molar-refractivity contribution in [3.63, 3.8) is 0 Å². The van der Waals surface area contributed by atoms with Crippen LogP contribution in [0.3, 0.4) is 0 Å². The average Bonchev–Trinajstić information content (AvgIpc) is 2.46. The number of nitrogens with one attached hydrogen (secondary N) is 1. The third-order valence-electron chi connectivity index (χ3n) is 3.94. The topological polar surface area (TPSA) is 47.6 Å². The number of halogens is 1. The first-order valence-electron chi connectivity index (χ1n) is 7.20. The van der Waals surface area contributed by atoms with Gasteiger partial charge in [-0.2, -0.15) is 0 Å². The Labute approximate surface area is 124 Å². The van der Waals surface area contributed by atoms with E-state index in [1.165, 1.54) is 19.2 Å². The summed E-state index contributed by atoms with van der Waals surface area (Å²) < 4.78 is 24.1. The standard InChI is InChI=1S/C16H22FNO3/c1-11(2)14-10-16(7-8-21-14,15(19)20-3)18-13-6-4-5-12(17)9-13/h4-6,9,11,14,18H,7-8,10H2,1-3H3. The molecule has 5 heteroatoms. The van der Waals surface area contributed by atoms with E-state index in [2.05, 4.69) is 19.2 Å². The smallest absolute Gasteiger partial charge is 0.331 e. The fourth-order valence-electron chi connectivity index (χ4n) is 2.70. The van der Waals surface area contributed by atoms with Crippen LogP contribution in [0, 0.1) is 11.7 Å². The van der Waals surface area contributed by atoms with Gasteiger partial charge < -0.3 is 14.8 Å². The van der Waals surface area contributed by atoms with E-state index in [0.29, 0.717) is 31.1 Å². The van der Waals surface area contributed by atoms with Crippen LogP contribution in [0.5, 0.6) is 0 Å². The first-order chi connectivity index (χ1) is 9.97. The van der Waals surface area contributed by atoms with Gasteiger partial charge in [-0.1, -0.05) is 19.9 Å². The Morgan fingerprint density at radius 2 is 2.29 bits per heavy atom. The summed E-state index contributed by atoms with van der Waals surface area (Å²) in [7, 11) is 1.37. The van der Waals surface area contributed by atoms with Crippen molar-refractivity contribution in [1.29, 1.82) is 0 Å². The second kappa shape index (κ2) is 6.43. The molecule has 4 nitrogen and oxygen atoms in total. The quantitative estimate of drug-likeness (QED) is 0.868. The van der Waals surface area contributed by atoms with Gasteiger partial charge in [0, 0.05) is 25.1 Å². The molecule has 116 valence electrons. The van der Waals surface area contributed by atoms with Crippen molar-refractivity contribution >= 4 is 11.7 Å². The number of methoxy groups -OCH3 is 1. The summed E-state index contributed by atoms with van der Waals surface area (Å²) in [5.74, 6) is -0.378. The molecule has 0 saturated carbocycles. The van der Waals surface area contributed by atoms with Crippen LogP contribution in [0.15, 0.2) is 24.3 Å². The van der Waals surface area contributed by atoms with Crippen molar-refractivity contribution in [3.8, 4) is 0 Å². The molecule has 0 spiro atoms. The number of hydrogen-bond donors (Lipinski definition) is 1. The molecule has 1 heterocycles. The lowest BCUT2D eigenvalue weighted by Crippen LogP contribution is -2.54. The minimum Gasteiger partial charge on any atom is -0.467 e. The van der Waals surface area contributed by atoms with Gasteiger partial charge >= 0.3 is 5.97 Å². The first-order valence-corrected chi connectivity index (χ1v) is 7.20. The highest BCUT2D eigenvalue weighted by Crippen LogP contribution is 2.33. The van der Waals surface area contributed by atoms with Gasteiger partial charge in [-0.05, 0) is 24.1 Å². The first kappa shape index (κ1) is 15.8. The Morgan fingerprint density at radius 1 is 1.52 bits per heavy atom. The SMILES string of the molecule is COC(=O)C1(Nc2cccc(F)c2)CCOC(C(C)C)C1. The van der Waals surface area contributed by atoms with Crippen molar-refractivity contribution < 1.29 is 18.7 Å². The molecule has 21 heavy (non-hydrogen) atoms. The molecule has 1 saturated heterocycles. The summed E-state index contributed by atoms with van der Waals surface area (Å²) in [5.41, 5.74) is -0.291. The largest absolute Gasteiger partial charge is 0.467 e. The fourth-order valence-corrected chi connectivity index (χ4v) is 2.70. The van der Waals surface area contributed by atoms with E-state index in [4.69, 9.17) is 9.47 Å². The summed E-state index contributed by atoms with van der Waals surface area (Å²) in [6.07, 6.45) is 0.978. The van der Waals surface area contributed by atoms with Gasteiger partial charge in [0.2, 0.25) is 0 Å². The maximum Gasteiger partial charge on any atom is 0.331 e. The number of carbonyl (C=O) groups excluding carboxylic acids is 1. The molecule has 0 aliphatic carbocycles. The Kier molecular flexibility index (Phi) is 4.83. The Balaban J connectivity index is 2.27. The zero-order valence-electron chi connectivity index (χ0n) is 12.7. The van der Waals surface area contributed by atoms with Crippen LogP contribution in [0.4, 0.5) is 10.1 Å². The zero-order chi connectivity index (χ0) is 15.5. The Hall–Kier alpha value is -1.62. The molecule has 1 N–H and O–H groups in total. The summed E-state index contributed by atoms with van der Waals surface area (Å²) in [6, 6.07) is 6.11. The molecule has 2 atom stereocenters. The van der Waals surface area contributed by atoms with Gasteiger partial charge in [-0.25, -0.2) is 9.18 Å². The second-order valence-corrected chi connectivity index (χ2v) is 5.82. The summed E-state index contributed by atoms with van der Waals surface area (Å²) in [5, 5.41) is 3.18. The summed E-state index contributed by atoms with van der Waals surface area (Å²) in [6.45, 7) is 4.58. The third-order valence-corrected chi connectivity index (χ3v) is 3.94. The minimum atomic E-state index is -0.865. The van der Waals surface area contributed by atoms with Crippen LogP contribution in [-0.2, 0) is 14.3 Å². The van der Waals surface area contributed by atoms with Crippen LogP contribution in [0.2, 0.25) is 0 Å². The molecule has 1 aromatic carbocycles. The Morgan fingerprint density at radius 3 is 2.90 bits per heavy atom. The lowest BCUT2D eigenvalue weighted by atomic mass is 9.83. The zero-order valence-corrected chi connectivity index (χ0v) is 12.7. The number of anilines is 1. The van der Waals surface area contributed by atoms with E-state index in [1.54, 1.807) is 12.1 Å². The molecule has 0 bridgehead atoms. The monoisotopic (exact) mass is 295 g/mol. The van der Waals surface area contributed by atoms with Gasteiger partial charge in [0.05, 0.1) is 13.2 Å². The van der Waals surface area contributed by atoms with Crippen LogP contribution in [0.25, 0.3) is 0 Å². The lowest BCUT2D eigenvalue weighted by Gasteiger charge is -2.41. The molecule has 1 fully saturated rings. The predicted octanol–water partition coefficient (Wildman–Crippen LogP) is 2.98. The van der Waals surface area contributed by atoms with Gasteiger partial charge in [-0.15, -0.1) is 0 Å². The molecule has 2 rings (SSSR count). The van der Waals surface area contributed by atoms with Crippen molar-refractivity contribution in [2.75, 3.05) is 19.0 Å². The fraction of sp³-hybridized carbons (Fsp3) is 0.562. The molecule has 0 amide bonds. The second-order valence-electron chi connectivity index (χ2n) is 5.82. The number of esters is 1. The lowest BCUT2D eigenvalue weighted by molar-refractivity contribution is -0.152. The van der Waals surface area contributed by atoms with Crippen LogP contribution >= 0.6 is 0 Å². The normalized spacial score (nSPS) is 25.7. The molecular weight excluding hydrogens is 273 g/mol. The number of carbonyl (C=O) groups is 1. The predicted molar refractivity (Wildman–Crippen MR) is 78.6 cm³/mol. The number of hydrogen-bond acceptors (Lipinski definition) is 4. The highest BCUT2D eigenvalue weighted by Gasteiger charge is 2.45. The van der Waals surface area contributed by atoms with E-state index in [0.717, 1.165) is 0 Å². The van der Waals surface area contributed by atoms with Gasteiger partial charge in [0.1, 0.15) is 11.4 Å². The van der Waals surface area contributed by atoms with Crippen molar-refractivity contribution in [2.24, 2.45) is 5.92 Å². The van der Waals surface area contributed by atoms with Gasteiger partial charge in [0.15, 0.2) is 0 Å². The summed E-state index contributed by atoms with van der Waals surface area (Å²) in [4.78, 5) is 12.3. The Bertz CT molecular complexity index is 506. The maximum absolute atomic E-state index is 13.4. The van der Waals surface area contributed by atoms with Gasteiger partial charge in [-0.3, -0.25) is 0 Å². The third kappa shape index (κ3) is 3.53. The van der Waals surface area contributed by atoms with Crippen LogP contribution < -0.4 is 5.32 Å². The molecule has 1 aromatic rings. The molecule has 1 aliphatic rings. The molecular formula is C16H22FNO3.